The molecule has 1 N–H and O–H groups in total. The van der Waals surface area contributed by atoms with E-state index in [0.29, 0.717) is 12.3 Å². The molecule has 86 valence electrons. The van der Waals surface area contributed by atoms with Gasteiger partial charge in [0.25, 0.3) is 0 Å². The van der Waals surface area contributed by atoms with E-state index in [1.165, 1.54) is 0 Å². The van der Waals surface area contributed by atoms with Crippen LogP contribution in [-0.4, -0.2) is 29.7 Å². The van der Waals surface area contributed by atoms with Gasteiger partial charge in [0.1, 0.15) is 18.4 Å². The SMILES string of the molecule is CCCNCCOc1nc(C)cc(C#N)n1. The molecule has 1 aromatic rings. The molecular formula is C11H16N4O. The van der Waals surface area contributed by atoms with Crippen LogP contribution < -0.4 is 10.1 Å². The summed E-state index contributed by atoms with van der Waals surface area (Å²) in [5.41, 5.74) is 1.08. The Kier molecular flexibility index (Phi) is 5.23. The fourth-order valence-electron chi connectivity index (χ4n) is 1.18. The molecule has 16 heavy (non-hydrogen) atoms. The summed E-state index contributed by atoms with van der Waals surface area (Å²) in [5.74, 6) is 0. The van der Waals surface area contributed by atoms with Gasteiger partial charge in [-0.05, 0) is 26.0 Å². The molecule has 0 radical (unpaired) electrons. The standard InChI is InChI=1S/C11H16N4O/c1-3-4-13-5-6-16-11-14-9(2)7-10(8-12)15-11/h7,13H,3-6H2,1-2H3. The van der Waals surface area contributed by atoms with Crippen LogP contribution in [0.25, 0.3) is 0 Å². The molecular weight excluding hydrogens is 204 g/mol. The summed E-state index contributed by atoms with van der Waals surface area (Å²) >= 11 is 0. The molecule has 0 aliphatic carbocycles. The predicted octanol–water partition coefficient (Wildman–Crippen LogP) is 1.04. The predicted molar refractivity (Wildman–Crippen MR) is 60.1 cm³/mol. The zero-order chi connectivity index (χ0) is 11.8. The van der Waals surface area contributed by atoms with Gasteiger partial charge in [-0.2, -0.15) is 10.2 Å². The van der Waals surface area contributed by atoms with Gasteiger partial charge in [0.05, 0.1) is 0 Å². The summed E-state index contributed by atoms with van der Waals surface area (Å²) in [6.07, 6.45) is 1.10. The zero-order valence-corrected chi connectivity index (χ0v) is 9.66. The van der Waals surface area contributed by atoms with Crippen molar-refractivity contribution in [3.8, 4) is 12.1 Å². The largest absolute Gasteiger partial charge is 0.462 e. The summed E-state index contributed by atoms with van der Waals surface area (Å²) in [4.78, 5) is 8.04. The third kappa shape index (κ3) is 4.24. The van der Waals surface area contributed by atoms with Crippen molar-refractivity contribution >= 4 is 0 Å². The zero-order valence-electron chi connectivity index (χ0n) is 9.66. The monoisotopic (exact) mass is 220 g/mol. The van der Waals surface area contributed by atoms with Crippen LogP contribution in [0.3, 0.4) is 0 Å². The number of nitriles is 1. The molecule has 0 unspecified atom stereocenters. The van der Waals surface area contributed by atoms with Gasteiger partial charge in [-0.25, -0.2) is 4.98 Å². The van der Waals surface area contributed by atoms with E-state index < -0.39 is 0 Å². The Morgan fingerprint density at radius 2 is 2.25 bits per heavy atom. The van der Waals surface area contributed by atoms with E-state index in [1.807, 2.05) is 13.0 Å². The summed E-state index contributed by atoms with van der Waals surface area (Å²) < 4.78 is 5.34. The highest BCUT2D eigenvalue weighted by molar-refractivity contribution is 5.23. The van der Waals surface area contributed by atoms with E-state index in [2.05, 4.69) is 22.2 Å². The molecule has 1 aromatic heterocycles. The molecule has 0 aromatic carbocycles. The second-order valence-corrected chi connectivity index (χ2v) is 3.39. The number of ether oxygens (including phenoxy) is 1. The molecule has 0 bridgehead atoms. The van der Waals surface area contributed by atoms with Crippen LogP contribution in [0.15, 0.2) is 6.07 Å². The summed E-state index contributed by atoms with van der Waals surface area (Å²) in [5, 5.41) is 11.9. The van der Waals surface area contributed by atoms with Crippen molar-refractivity contribution < 1.29 is 4.74 Å². The summed E-state index contributed by atoms with van der Waals surface area (Å²) in [6.45, 7) is 6.16. The molecule has 0 saturated heterocycles. The number of aromatic nitrogens is 2. The lowest BCUT2D eigenvalue weighted by atomic mass is 10.3. The maximum Gasteiger partial charge on any atom is 0.317 e. The van der Waals surface area contributed by atoms with Crippen molar-refractivity contribution in [2.75, 3.05) is 19.7 Å². The van der Waals surface area contributed by atoms with Gasteiger partial charge in [-0.1, -0.05) is 6.92 Å². The first-order valence-corrected chi connectivity index (χ1v) is 5.35. The number of nitrogens with zero attached hydrogens (tertiary/aromatic N) is 3. The Balaban J connectivity index is 2.42. The smallest absolute Gasteiger partial charge is 0.317 e. The van der Waals surface area contributed by atoms with Crippen molar-refractivity contribution in [2.45, 2.75) is 20.3 Å². The maximum atomic E-state index is 8.72. The quantitative estimate of drug-likeness (QED) is 0.725. The third-order valence-corrected chi connectivity index (χ3v) is 1.89. The highest BCUT2D eigenvalue weighted by atomic mass is 16.5. The normalized spacial score (nSPS) is 9.81. The molecule has 0 atom stereocenters. The van der Waals surface area contributed by atoms with Crippen LogP contribution in [-0.2, 0) is 0 Å². The lowest BCUT2D eigenvalue weighted by Crippen LogP contribution is -2.22. The highest BCUT2D eigenvalue weighted by Gasteiger charge is 2.02. The van der Waals surface area contributed by atoms with Gasteiger partial charge in [0, 0.05) is 12.2 Å². The molecule has 0 spiro atoms. The average molecular weight is 220 g/mol. The van der Waals surface area contributed by atoms with Crippen molar-refractivity contribution in [3.05, 3.63) is 17.5 Å². The Morgan fingerprint density at radius 3 is 2.94 bits per heavy atom. The molecule has 0 aliphatic rings. The van der Waals surface area contributed by atoms with Crippen molar-refractivity contribution in [1.29, 1.82) is 5.26 Å². The Labute approximate surface area is 95.5 Å². The van der Waals surface area contributed by atoms with Crippen molar-refractivity contribution in [2.24, 2.45) is 0 Å². The van der Waals surface area contributed by atoms with E-state index in [4.69, 9.17) is 10.00 Å². The van der Waals surface area contributed by atoms with E-state index >= 15 is 0 Å². The Bertz CT molecular complexity index is 373. The minimum atomic E-state index is 0.273. The molecule has 1 heterocycles. The lowest BCUT2D eigenvalue weighted by Gasteiger charge is -2.05. The summed E-state index contributed by atoms with van der Waals surface area (Å²) in [6, 6.07) is 3.87. The van der Waals surface area contributed by atoms with Crippen LogP contribution in [0.4, 0.5) is 0 Å². The maximum absolute atomic E-state index is 8.72. The highest BCUT2D eigenvalue weighted by Crippen LogP contribution is 2.05. The second-order valence-electron chi connectivity index (χ2n) is 3.39. The first-order chi connectivity index (χ1) is 7.76. The molecule has 0 aliphatic heterocycles. The first-order valence-electron chi connectivity index (χ1n) is 5.35. The van der Waals surface area contributed by atoms with Gasteiger partial charge in [0.15, 0.2) is 0 Å². The van der Waals surface area contributed by atoms with E-state index in [-0.39, 0.29) is 6.01 Å². The molecule has 0 saturated carbocycles. The van der Waals surface area contributed by atoms with Gasteiger partial charge in [-0.15, -0.1) is 0 Å². The van der Waals surface area contributed by atoms with E-state index in [1.54, 1.807) is 6.07 Å². The second kappa shape index (κ2) is 6.75. The molecule has 5 heteroatoms. The molecule has 5 nitrogen and oxygen atoms in total. The first kappa shape index (κ1) is 12.4. The van der Waals surface area contributed by atoms with Crippen molar-refractivity contribution in [3.63, 3.8) is 0 Å². The van der Waals surface area contributed by atoms with Gasteiger partial charge in [-0.3, -0.25) is 0 Å². The number of aryl methyl sites for hydroxylation is 1. The minimum absolute atomic E-state index is 0.273. The van der Waals surface area contributed by atoms with Crippen LogP contribution in [0.1, 0.15) is 24.7 Å². The Hall–Kier alpha value is -1.67. The average Bonchev–Trinajstić information content (AvgIpc) is 2.28. The van der Waals surface area contributed by atoms with Crippen LogP contribution >= 0.6 is 0 Å². The van der Waals surface area contributed by atoms with Crippen LogP contribution in [0.5, 0.6) is 6.01 Å². The number of nitrogens with one attached hydrogen (secondary N) is 1. The summed E-state index contributed by atoms with van der Waals surface area (Å²) in [7, 11) is 0. The molecule has 0 fully saturated rings. The van der Waals surface area contributed by atoms with Crippen LogP contribution in [0, 0.1) is 18.3 Å². The fourth-order valence-corrected chi connectivity index (χ4v) is 1.18. The number of hydrogen-bond donors (Lipinski definition) is 1. The third-order valence-electron chi connectivity index (χ3n) is 1.89. The minimum Gasteiger partial charge on any atom is -0.462 e. The molecule has 0 amide bonds. The Morgan fingerprint density at radius 1 is 1.44 bits per heavy atom. The van der Waals surface area contributed by atoms with E-state index in [9.17, 15) is 0 Å². The topological polar surface area (TPSA) is 70.8 Å². The van der Waals surface area contributed by atoms with Gasteiger partial charge < -0.3 is 10.1 Å². The van der Waals surface area contributed by atoms with Crippen molar-refractivity contribution in [1.82, 2.24) is 15.3 Å². The number of rotatable bonds is 6. The fraction of sp³-hybridized carbons (Fsp3) is 0.545. The number of hydrogen-bond acceptors (Lipinski definition) is 5. The lowest BCUT2D eigenvalue weighted by molar-refractivity contribution is 0.289. The van der Waals surface area contributed by atoms with Crippen LogP contribution in [0.2, 0.25) is 0 Å². The van der Waals surface area contributed by atoms with E-state index in [0.717, 1.165) is 25.2 Å². The van der Waals surface area contributed by atoms with Gasteiger partial charge >= 0.3 is 6.01 Å². The molecule has 1 rings (SSSR count). The van der Waals surface area contributed by atoms with Gasteiger partial charge in [0.2, 0.25) is 0 Å².